The largest absolute Gasteiger partial charge is 0.478 e. The van der Waals surface area contributed by atoms with Crippen LogP contribution in [0.2, 0.25) is 0 Å². The highest BCUT2D eigenvalue weighted by atomic mass is 16.4. The van der Waals surface area contributed by atoms with E-state index in [1.165, 1.54) is 18.2 Å². The molecule has 0 bridgehead atoms. The quantitative estimate of drug-likeness (QED) is 0.744. The summed E-state index contributed by atoms with van der Waals surface area (Å²) in [6, 6.07) is 22.7. The normalized spacial score (nSPS) is 9.96. The summed E-state index contributed by atoms with van der Waals surface area (Å²) in [5.74, 6) is -1.52. The van der Waals surface area contributed by atoms with Crippen LogP contribution in [0.25, 0.3) is 11.1 Å². The van der Waals surface area contributed by atoms with E-state index in [9.17, 15) is 9.59 Å². The second-order valence-electron chi connectivity index (χ2n) is 5.54. The molecule has 3 aromatic carbocycles. The highest BCUT2D eigenvalue weighted by Gasteiger charge is 2.15. The van der Waals surface area contributed by atoms with Crippen molar-refractivity contribution in [2.24, 2.45) is 0 Å². The Morgan fingerprint density at radius 3 is 2.27 bits per heavy atom. The first kappa shape index (κ1) is 16.9. The van der Waals surface area contributed by atoms with Crippen LogP contribution in [-0.4, -0.2) is 17.0 Å². The van der Waals surface area contributed by atoms with Gasteiger partial charge in [0.2, 0.25) is 0 Å². The van der Waals surface area contributed by atoms with Crippen molar-refractivity contribution in [1.82, 2.24) is 0 Å². The molecule has 0 saturated carbocycles. The van der Waals surface area contributed by atoms with Gasteiger partial charge in [0.1, 0.15) is 6.07 Å². The van der Waals surface area contributed by atoms with Gasteiger partial charge in [0.15, 0.2) is 0 Å². The summed E-state index contributed by atoms with van der Waals surface area (Å²) in [4.78, 5) is 23.8. The highest BCUT2D eigenvalue weighted by molar-refractivity contribution is 6.09. The van der Waals surface area contributed by atoms with E-state index in [2.05, 4.69) is 5.32 Å². The Labute approximate surface area is 150 Å². The molecule has 1 amide bonds. The SMILES string of the molecule is N#Cc1cc(NC(=O)c2ccccc2-c2ccccc2)ccc1C(=O)O. The van der Waals surface area contributed by atoms with Crippen LogP contribution in [0.15, 0.2) is 72.8 Å². The first-order chi connectivity index (χ1) is 12.6. The van der Waals surface area contributed by atoms with Crippen molar-refractivity contribution in [3.8, 4) is 17.2 Å². The van der Waals surface area contributed by atoms with Crippen molar-refractivity contribution in [2.75, 3.05) is 5.32 Å². The molecule has 3 aromatic rings. The number of nitrogens with one attached hydrogen (secondary N) is 1. The molecule has 0 saturated heterocycles. The van der Waals surface area contributed by atoms with Gasteiger partial charge in [0.05, 0.1) is 11.1 Å². The second-order valence-corrected chi connectivity index (χ2v) is 5.54. The zero-order valence-corrected chi connectivity index (χ0v) is 13.6. The topological polar surface area (TPSA) is 90.2 Å². The number of anilines is 1. The van der Waals surface area contributed by atoms with Gasteiger partial charge in [-0.25, -0.2) is 4.79 Å². The maximum atomic E-state index is 12.7. The van der Waals surface area contributed by atoms with E-state index in [4.69, 9.17) is 10.4 Å². The van der Waals surface area contributed by atoms with Gasteiger partial charge in [-0.2, -0.15) is 5.26 Å². The first-order valence-electron chi connectivity index (χ1n) is 7.83. The molecule has 2 N–H and O–H groups in total. The molecule has 0 aliphatic heterocycles. The molecule has 0 unspecified atom stereocenters. The Balaban J connectivity index is 1.93. The summed E-state index contributed by atoms with van der Waals surface area (Å²) in [5, 5.41) is 20.9. The van der Waals surface area contributed by atoms with Crippen LogP contribution in [-0.2, 0) is 0 Å². The second kappa shape index (κ2) is 7.32. The lowest BCUT2D eigenvalue weighted by atomic mass is 9.99. The van der Waals surface area contributed by atoms with E-state index < -0.39 is 5.97 Å². The number of carboxylic acids is 1. The fourth-order valence-electron chi connectivity index (χ4n) is 2.65. The summed E-state index contributed by atoms with van der Waals surface area (Å²) in [5.41, 5.74) is 2.44. The summed E-state index contributed by atoms with van der Waals surface area (Å²) in [7, 11) is 0. The number of carboxylic acid groups (broad SMARTS) is 1. The van der Waals surface area contributed by atoms with Gasteiger partial charge in [-0.1, -0.05) is 48.5 Å². The maximum Gasteiger partial charge on any atom is 0.337 e. The number of hydrogen-bond donors (Lipinski definition) is 2. The van der Waals surface area contributed by atoms with E-state index >= 15 is 0 Å². The lowest BCUT2D eigenvalue weighted by Gasteiger charge is -2.11. The molecular weight excluding hydrogens is 328 g/mol. The van der Waals surface area contributed by atoms with Crippen LogP contribution < -0.4 is 5.32 Å². The third kappa shape index (κ3) is 3.45. The standard InChI is InChI=1S/C21H14N2O3/c22-13-15-12-16(10-11-18(15)21(25)26)23-20(24)19-9-5-4-8-17(19)14-6-2-1-3-7-14/h1-12H,(H,23,24)(H,25,26). The summed E-state index contributed by atoms with van der Waals surface area (Å²) >= 11 is 0. The van der Waals surface area contributed by atoms with Gasteiger partial charge >= 0.3 is 5.97 Å². The predicted octanol–water partition coefficient (Wildman–Crippen LogP) is 4.18. The Morgan fingerprint density at radius 1 is 0.885 bits per heavy atom. The van der Waals surface area contributed by atoms with Gasteiger partial charge in [0, 0.05) is 11.3 Å². The average Bonchev–Trinajstić information content (AvgIpc) is 2.68. The number of rotatable bonds is 4. The van der Waals surface area contributed by atoms with Crippen molar-refractivity contribution in [1.29, 1.82) is 5.26 Å². The van der Waals surface area contributed by atoms with Gasteiger partial charge in [-0.15, -0.1) is 0 Å². The fourth-order valence-corrected chi connectivity index (χ4v) is 2.65. The third-order valence-corrected chi connectivity index (χ3v) is 3.88. The molecule has 0 radical (unpaired) electrons. The molecule has 0 atom stereocenters. The van der Waals surface area contributed by atoms with Crippen LogP contribution in [0.5, 0.6) is 0 Å². The summed E-state index contributed by atoms with van der Waals surface area (Å²) in [6.07, 6.45) is 0. The Hall–Kier alpha value is -3.91. The molecule has 0 aromatic heterocycles. The average molecular weight is 342 g/mol. The molecule has 0 spiro atoms. The third-order valence-electron chi connectivity index (χ3n) is 3.88. The van der Waals surface area contributed by atoms with Crippen molar-refractivity contribution in [3.63, 3.8) is 0 Å². The minimum atomic E-state index is -1.19. The molecule has 3 rings (SSSR count). The van der Waals surface area contributed by atoms with E-state index in [1.807, 2.05) is 48.5 Å². The zero-order valence-electron chi connectivity index (χ0n) is 13.6. The fraction of sp³-hybridized carbons (Fsp3) is 0. The highest BCUT2D eigenvalue weighted by Crippen LogP contribution is 2.24. The molecule has 26 heavy (non-hydrogen) atoms. The van der Waals surface area contributed by atoms with Crippen LogP contribution in [0.4, 0.5) is 5.69 Å². The Kier molecular flexibility index (Phi) is 4.77. The number of carbonyl (C=O) groups excluding carboxylic acids is 1. The van der Waals surface area contributed by atoms with Crippen LogP contribution in [0.1, 0.15) is 26.3 Å². The van der Waals surface area contributed by atoms with E-state index in [0.29, 0.717) is 11.3 Å². The molecule has 5 nitrogen and oxygen atoms in total. The lowest BCUT2D eigenvalue weighted by molar-refractivity contribution is 0.0696. The van der Waals surface area contributed by atoms with Crippen molar-refractivity contribution < 1.29 is 14.7 Å². The van der Waals surface area contributed by atoms with E-state index in [0.717, 1.165) is 11.1 Å². The molecular formula is C21H14N2O3. The number of aromatic carboxylic acids is 1. The summed E-state index contributed by atoms with van der Waals surface area (Å²) < 4.78 is 0. The van der Waals surface area contributed by atoms with Crippen molar-refractivity contribution in [3.05, 3.63) is 89.5 Å². The maximum absolute atomic E-state index is 12.7. The number of carbonyl (C=O) groups is 2. The molecule has 126 valence electrons. The van der Waals surface area contributed by atoms with Crippen LogP contribution in [0, 0.1) is 11.3 Å². The van der Waals surface area contributed by atoms with E-state index in [1.54, 1.807) is 12.1 Å². The minimum absolute atomic E-state index is 0.00774. The van der Waals surface area contributed by atoms with Crippen LogP contribution in [0.3, 0.4) is 0 Å². The monoisotopic (exact) mass is 342 g/mol. The number of amides is 1. The number of hydrogen-bond acceptors (Lipinski definition) is 3. The lowest BCUT2D eigenvalue weighted by Crippen LogP contribution is -2.13. The molecule has 0 heterocycles. The summed E-state index contributed by atoms with van der Waals surface area (Å²) in [6.45, 7) is 0. The first-order valence-corrected chi connectivity index (χ1v) is 7.83. The van der Waals surface area contributed by atoms with Gasteiger partial charge in [-0.3, -0.25) is 4.79 Å². The number of nitrogens with zero attached hydrogens (tertiary/aromatic N) is 1. The van der Waals surface area contributed by atoms with Crippen LogP contribution >= 0.6 is 0 Å². The van der Waals surface area contributed by atoms with Crippen molar-refractivity contribution >= 4 is 17.6 Å². The minimum Gasteiger partial charge on any atom is -0.478 e. The number of benzene rings is 3. The Bertz CT molecular complexity index is 1020. The van der Waals surface area contributed by atoms with Gasteiger partial charge < -0.3 is 10.4 Å². The number of nitriles is 1. The van der Waals surface area contributed by atoms with E-state index in [-0.39, 0.29) is 17.0 Å². The molecule has 0 aliphatic carbocycles. The van der Waals surface area contributed by atoms with Gasteiger partial charge in [0.25, 0.3) is 5.91 Å². The molecule has 0 aliphatic rings. The van der Waals surface area contributed by atoms with Gasteiger partial charge in [-0.05, 0) is 35.4 Å². The molecule has 0 fully saturated rings. The zero-order chi connectivity index (χ0) is 18.5. The smallest absolute Gasteiger partial charge is 0.337 e. The van der Waals surface area contributed by atoms with Crippen molar-refractivity contribution in [2.45, 2.75) is 0 Å². The Morgan fingerprint density at radius 2 is 1.58 bits per heavy atom. The predicted molar refractivity (Wildman–Crippen MR) is 97.9 cm³/mol. The molecule has 5 heteroatoms.